The number of halogens is 1. The molecule has 1 heterocycles. The monoisotopic (exact) mass is 486 g/mol. The highest BCUT2D eigenvalue weighted by Crippen LogP contribution is 2.24. The summed E-state index contributed by atoms with van der Waals surface area (Å²) >= 11 is 4.91. The first kappa shape index (κ1) is 21.7. The lowest BCUT2D eigenvalue weighted by Crippen LogP contribution is -2.34. The van der Waals surface area contributed by atoms with Crippen molar-refractivity contribution >= 4 is 50.5 Å². The number of carbonyl (C=O) groups excluding carboxylic acids is 1. The van der Waals surface area contributed by atoms with E-state index in [1.807, 2.05) is 41.8 Å². The molecular formula is C22H19BrN2O4S. The molecule has 0 saturated carbocycles. The molecule has 6 nitrogen and oxygen atoms in total. The summed E-state index contributed by atoms with van der Waals surface area (Å²) in [6.07, 6.45) is 0. The molecule has 3 aromatic rings. The fourth-order valence-electron chi connectivity index (χ4n) is 2.76. The summed E-state index contributed by atoms with van der Waals surface area (Å²) in [5.74, 6) is -1.50. The lowest BCUT2D eigenvalue weighted by atomic mass is 10.1. The number of benzene rings is 2. The van der Waals surface area contributed by atoms with Crippen molar-refractivity contribution < 1.29 is 19.5 Å². The van der Waals surface area contributed by atoms with Crippen molar-refractivity contribution in [2.24, 2.45) is 5.16 Å². The van der Waals surface area contributed by atoms with Gasteiger partial charge in [-0.2, -0.15) is 0 Å². The molecule has 1 aromatic heterocycles. The predicted octanol–water partition coefficient (Wildman–Crippen LogP) is 5.18. The summed E-state index contributed by atoms with van der Waals surface area (Å²) in [6.45, 7) is 1.69. The average molecular weight is 487 g/mol. The van der Waals surface area contributed by atoms with E-state index in [0.29, 0.717) is 11.4 Å². The Kier molecular flexibility index (Phi) is 7.37. The Bertz CT molecular complexity index is 1050. The number of amides is 1. The Morgan fingerprint density at radius 1 is 1.10 bits per heavy atom. The van der Waals surface area contributed by atoms with Crippen LogP contribution in [0.25, 0.3) is 0 Å². The van der Waals surface area contributed by atoms with E-state index in [1.54, 1.807) is 25.1 Å². The number of carboxylic acids is 1. The van der Waals surface area contributed by atoms with Gasteiger partial charge in [-0.15, -0.1) is 11.3 Å². The van der Waals surface area contributed by atoms with E-state index in [1.165, 1.54) is 22.3 Å². The molecule has 0 fully saturated rings. The van der Waals surface area contributed by atoms with Crippen molar-refractivity contribution in [3.63, 3.8) is 0 Å². The second-order valence-electron chi connectivity index (χ2n) is 6.36. The Morgan fingerprint density at radius 2 is 1.83 bits per heavy atom. The van der Waals surface area contributed by atoms with Gasteiger partial charge in [0, 0.05) is 4.47 Å². The van der Waals surface area contributed by atoms with Gasteiger partial charge >= 0.3 is 5.97 Å². The van der Waals surface area contributed by atoms with E-state index in [-0.39, 0.29) is 18.7 Å². The van der Waals surface area contributed by atoms with Crippen molar-refractivity contribution in [1.29, 1.82) is 0 Å². The lowest BCUT2D eigenvalue weighted by molar-refractivity contribution is -0.123. The van der Waals surface area contributed by atoms with Crippen LogP contribution in [0.3, 0.4) is 0 Å². The lowest BCUT2D eigenvalue weighted by Gasteiger charge is -2.24. The van der Waals surface area contributed by atoms with Crippen molar-refractivity contribution in [1.82, 2.24) is 0 Å². The number of rotatable bonds is 8. The Labute approximate surface area is 186 Å². The summed E-state index contributed by atoms with van der Waals surface area (Å²) in [7, 11) is 0. The molecule has 0 aliphatic heterocycles. The van der Waals surface area contributed by atoms with E-state index in [2.05, 4.69) is 21.1 Å². The first-order chi connectivity index (χ1) is 14.5. The minimum atomic E-state index is -1.10. The summed E-state index contributed by atoms with van der Waals surface area (Å²) in [5.41, 5.74) is 1.87. The van der Waals surface area contributed by atoms with Crippen LogP contribution in [0.5, 0.6) is 0 Å². The molecule has 0 unspecified atom stereocenters. The predicted molar refractivity (Wildman–Crippen MR) is 121 cm³/mol. The highest BCUT2D eigenvalue weighted by atomic mass is 79.9. The highest BCUT2D eigenvalue weighted by Gasteiger charge is 2.22. The van der Waals surface area contributed by atoms with Gasteiger partial charge in [-0.3, -0.25) is 4.79 Å². The van der Waals surface area contributed by atoms with Crippen LogP contribution in [0, 0.1) is 0 Å². The van der Waals surface area contributed by atoms with Crippen molar-refractivity contribution in [2.75, 3.05) is 11.5 Å². The highest BCUT2D eigenvalue weighted by molar-refractivity contribution is 9.10. The maximum absolute atomic E-state index is 13.0. The van der Waals surface area contributed by atoms with Gasteiger partial charge in [-0.25, -0.2) is 4.79 Å². The molecule has 0 spiro atoms. The zero-order chi connectivity index (χ0) is 21.5. The molecule has 8 heteroatoms. The summed E-state index contributed by atoms with van der Waals surface area (Å²) < 4.78 is 0.914. The number of para-hydroxylation sites is 1. The van der Waals surface area contributed by atoms with E-state index >= 15 is 0 Å². The van der Waals surface area contributed by atoms with Crippen molar-refractivity contribution in [3.05, 3.63) is 86.5 Å². The molecule has 0 aliphatic carbocycles. The van der Waals surface area contributed by atoms with Crippen LogP contribution in [-0.4, -0.2) is 29.3 Å². The van der Waals surface area contributed by atoms with Gasteiger partial charge in [-0.1, -0.05) is 51.4 Å². The zero-order valence-electron chi connectivity index (χ0n) is 16.1. The number of oxime groups is 1. The third kappa shape index (κ3) is 5.55. The van der Waals surface area contributed by atoms with Crippen LogP contribution in [0.1, 0.15) is 27.7 Å². The van der Waals surface area contributed by atoms with Crippen LogP contribution in [-0.2, 0) is 16.2 Å². The normalized spacial score (nSPS) is 11.2. The largest absolute Gasteiger partial charge is 0.478 e. The Morgan fingerprint density at radius 3 is 2.50 bits per heavy atom. The fraction of sp³-hybridized carbons (Fsp3) is 0.136. The van der Waals surface area contributed by atoms with Gasteiger partial charge in [0.25, 0.3) is 5.91 Å². The minimum absolute atomic E-state index is 0.0428. The van der Waals surface area contributed by atoms with Gasteiger partial charge < -0.3 is 14.8 Å². The number of thiophene rings is 1. The second kappa shape index (κ2) is 10.2. The van der Waals surface area contributed by atoms with Crippen molar-refractivity contribution in [3.8, 4) is 0 Å². The molecule has 1 N–H and O–H groups in total. The van der Waals surface area contributed by atoms with Crippen LogP contribution < -0.4 is 4.90 Å². The van der Waals surface area contributed by atoms with Crippen LogP contribution in [0.2, 0.25) is 0 Å². The first-order valence-corrected chi connectivity index (χ1v) is 10.7. The number of anilines is 1. The third-order valence-electron chi connectivity index (χ3n) is 4.25. The van der Waals surface area contributed by atoms with Gasteiger partial charge in [0.05, 0.1) is 28.4 Å². The van der Waals surface area contributed by atoms with Crippen LogP contribution in [0.15, 0.2) is 75.7 Å². The van der Waals surface area contributed by atoms with E-state index in [0.717, 1.165) is 14.9 Å². The molecule has 3 rings (SSSR count). The fourth-order valence-corrected chi connectivity index (χ4v) is 3.69. The molecule has 0 radical (unpaired) electrons. The van der Waals surface area contributed by atoms with E-state index in [9.17, 15) is 14.7 Å². The summed E-state index contributed by atoms with van der Waals surface area (Å²) in [6, 6.07) is 17.7. The molecule has 0 bridgehead atoms. The molecule has 2 aromatic carbocycles. The number of nitrogens with zero attached hydrogens (tertiary/aromatic N) is 2. The molecule has 0 atom stereocenters. The van der Waals surface area contributed by atoms with E-state index in [4.69, 9.17) is 4.84 Å². The van der Waals surface area contributed by atoms with Gasteiger partial charge in [0.15, 0.2) is 6.61 Å². The SMILES string of the molecule is C/C(=N\OCC(=O)N(Cc1ccc(Br)cc1)c1ccccc1C(=O)O)c1cccs1. The average Bonchev–Trinajstić information content (AvgIpc) is 3.28. The molecule has 0 aliphatic rings. The zero-order valence-corrected chi connectivity index (χ0v) is 18.5. The number of carboxylic acid groups (broad SMARTS) is 1. The second-order valence-corrected chi connectivity index (χ2v) is 8.22. The molecule has 154 valence electrons. The minimum Gasteiger partial charge on any atom is -0.478 e. The maximum atomic E-state index is 13.0. The third-order valence-corrected chi connectivity index (χ3v) is 5.75. The quantitative estimate of drug-likeness (QED) is 0.351. The first-order valence-electron chi connectivity index (χ1n) is 9.03. The Balaban J connectivity index is 1.83. The number of hydrogen-bond donors (Lipinski definition) is 1. The maximum Gasteiger partial charge on any atom is 0.337 e. The van der Waals surface area contributed by atoms with Gasteiger partial charge in [-0.05, 0) is 48.2 Å². The van der Waals surface area contributed by atoms with Crippen molar-refractivity contribution in [2.45, 2.75) is 13.5 Å². The van der Waals surface area contributed by atoms with Gasteiger partial charge in [0.2, 0.25) is 0 Å². The number of hydrogen-bond acceptors (Lipinski definition) is 5. The topological polar surface area (TPSA) is 79.2 Å². The molecular weight excluding hydrogens is 468 g/mol. The van der Waals surface area contributed by atoms with Crippen LogP contribution in [0.4, 0.5) is 5.69 Å². The molecule has 30 heavy (non-hydrogen) atoms. The molecule has 0 saturated heterocycles. The summed E-state index contributed by atoms with van der Waals surface area (Å²) in [4.78, 5) is 32.3. The molecule has 1 amide bonds. The van der Waals surface area contributed by atoms with Crippen LogP contribution >= 0.6 is 27.3 Å². The van der Waals surface area contributed by atoms with Gasteiger partial charge in [0.1, 0.15) is 0 Å². The standard InChI is InChI=1S/C22H19BrN2O4S/c1-15(20-7-4-12-30-20)24-29-14-21(26)25(13-16-8-10-17(23)11-9-16)19-6-3-2-5-18(19)22(27)28/h2-12H,13-14H2,1H3,(H,27,28)/b24-15+. The van der Waals surface area contributed by atoms with E-state index < -0.39 is 11.9 Å². The number of carbonyl (C=O) groups is 2. The Hall–Kier alpha value is -2.97. The summed E-state index contributed by atoms with van der Waals surface area (Å²) in [5, 5.41) is 15.5. The smallest absolute Gasteiger partial charge is 0.337 e. The number of aromatic carboxylic acids is 1.